The third-order valence-electron chi connectivity index (χ3n) is 5.37. The molecule has 5 nitrogen and oxygen atoms in total. The summed E-state index contributed by atoms with van der Waals surface area (Å²) in [4.78, 5) is 14.4. The van der Waals surface area contributed by atoms with E-state index < -0.39 is 11.6 Å². The maximum atomic E-state index is 13.4. The molecule has 0 spiro atoms. The fourth-order valence-electron chi connectivity index (χ4n) is 3.98. The largest absolute Gasteiger partial charge is 0.493 e. The Hall–Kier alpha value is -2.67. The van der Waals surface area contributed by atoms with Crippen LogP contribution in [0.15, 0.2) is 48.5 Å². The topological polar surface area (TPSA) is 50.8 Å². The molecular formula is C23H28F2N2O3. The summed E-state index contributed by atoms with van der Waals surface area (Å²) < 4.78 is 37.6. The number of nitrogens with zero attached hydrogens (tertiary/aromatic N) is 1. The molecule has 2 aliphatic heterocycles. The van der Waals surface area contributed by atoms with Gasteiger partial charge in [-0.2, -0.15) is 0 Å². The minimum atomic E-state index is -0.938. The van der Waals surface area contributed by atoms with Crippen molar-refractivity contribution in [1.82, 2.24) is 10.2 Å². The number of carbonyl (C=O) groups excluding carboxylic acids is 1. The van der Waals surface area contributed by atoms with Gasteiger partial charge >= 0.3 is 6.09 Å². The number of fused-ring (bicyclic) bond motifs is 1. The zero-order valence-electron chi connectivity index (χ0n) is 17.3. The highest BCUT2D eigenvalue weighted by Crippen LogP contribution is 2.31. The van der Waals surface area contributed by atoms with E-state index in [-0.39, 0.29) is 36.5 Å². The Morgan fingerprint density at radius 2 is 1.90 bits per heavy atom. The van der Waals surface area contributed by atoms with Gasteiger partial charge in [0.1, 0.15) is 12.4 Å². The van der Waals surface area contributed by atoms with Crippen molar-refractivity contribution in [2.45, 2.75) is 39.0 Å². The molecule has 3 atom stereocenters. The van der Waals surface area contributed by atoms with E-state index in [0.29, 0.717) is 13.2 Å². The highest BCUT2D eigenvalue weighted by atomic mass is 19.2. The molecule has 1 amide bonds. The molecule has 7 heteroatoms. The second-order valence-corrected chi connectivity index (χ2v) is 7.18. The molecule has 0 radical (unpaired) electrons. The summed E-state index contributed by atoms with van der Waals surface area (Å²) in [5, 5.41) is 3.42. The quantitative estimate of drug-likeness (QED) is 0.784. The smallest absolute Gasteiger partial charge is 0.410 e. The Bertz CT molecular complexity index is 834. The van der Waals surface area contributed by atoms with Crippen molar-refractivity contribution in [1.29, 1.82) is 0 Å². The average Bonchev–Trinajstić information content (AvgIpc) is 3.38. The van der Waals surface area contributed by atoms with E-state index in [1.165, 1.54) is 6.07 Å². The van der Waals surface area contributed by atoms with Gasteiger partial charge < -0.3 is 19.7 Å². The molecular weight excluding hydrogens is 390 g/mol. The number of amides is 1. The number of nitrogens with one attached hydrogen (secondary N) is 1. The molecule has 2 saturated heterocycles. The average molecular weight is 418 g/mol. The summed E-state index contributed by atoms with van der Waals surface area (Å²) in [6, 6.07) is 13.2. The maximum Gasteiger partial charge on any atom is 0.410 e. The molecule has 162 valence electrons. The number of carbonyl (C=O) groups is 1. The minimum absolute atomic E-state index is 0.0462. The first-order chi connectivity index (χ1) is 14.6. The van der Waals surface area contributed by atoms with E-state index in [0.717, 1.165) is 30.7 Å². The number of benzene rings is 2. The highest BCUT2D eigenvalue weighted by Gasteiger charge is 2.47. The predicted octanol–water partition coefficient (Wildman–Crippen LogP) is 4.37. The Balaban J connectivity index is 0.00000124. The number of ether oxygens (including phenoxy) is 2. The van der Waals surface area contributed by atoms with Crippen LogP contribution >= 0.6 is 0 Å². The molecule has 30 heavy (non-hydrogen) atoms. The lowest BCUT2D eigenvalue weighted by Crippen LogP contribution is -2.39. The molecule has 2 heterocycles. The fourth-order valence-corrected chi connectivity index (χ4v) is 3.98. The van der Waals surface area contributed by atoms with Crippen molar-refractivity contribution in [3.63, 3.8) is 0 Å². The first-order valence-electron chi connectivity index (χ1n) is 10.4. The molecule has 0 saturated carbocycles. The summed E-state index contributed by atoms with van der Waals surface area (Å²) in [7, 11) is 0. The van der Waals surface area contributed by atoms with Crippen molar-refractivity contribution < 1.29 is 23.0 Å². The lowest BCUT2D eigenvalue weighted by Gasteiger charge is -2.22. The van der Waals surface area contributed by atoms with Crippen molar-refractivity contribution >= 4 is 6.09 Å². The van der Waals surface area contributed by atoms with Gasteiger partial charge in [-0.05, 0) is 30.7 Å². The van der Waals surface area contributed by atoms with Crippen LogP contribution in [-0.2, 0) is 11.3 Å². The Labute approximate surface area is 176 Å². The third-order valence-corrected chi connectivity index (χ3v) is 5.37. The first kappa shape index (κ1) is 22.0. The highest BCUT2D eigenvalue weighted by molar-refractivity contribution is 5.69. The second kappa shape index (κ2) is 10.4. The summed E-state index contributed by atoms with van der Waals surface area (Å²) in [5.41, 5.74) is 0.939. The van der Waals surface area contributed by atoms with Gasteiger partial charge in [0.25, 0.3) is 0 Å². The van der Waals surface area contributed by atoms with Gasteiger partial charge in [0.2, 0.25) is 0 Å². The number of hydrogen-bond donors (Lipinski definition) is 1. The molecule has 4 rings (SSSR count). The molecule has 2 aromatic rings. The normalized spacial score (nSPS) is 22.1. The van der Waals surface area contributed by atoms with E-state index in [4.69, 9.17) is 9.47 Å². The van der Waals surface area contributed by atoms with Gasteiger partial charge in [0.15, 0.2) is 11.6 Å². The summed E-state index contributed by atoms with van der Waals surface area (Å²) >= 11 is 0. The van der Waals surface area contributed by atoms with Gasteiger partial charge in [-0.25, -0.2) is 13.6 Å². The molecule has 0 aliphatic carbocycles. The Kier molecular flexibility index (Phi) is 7.63. The van der Waals surface area contributed by atoms with Crippen molar-refractivity contribution in [2.24, 2.45) is 5.92 Å². The van der Waals surface area contributed by atoms with E-state index in [9.17, 15) is 13.6 Å². The lowest BCUT2D eigenvalue weighted by molar-refractivity contribution is 0.0908. The predicted molar refractivity (Wildman–Crippen MR) is 110 cm³/mol. The van der Waals surface area contributed by atoms with Crippen LogP contribution in [0.25, 0.3) is 0 Å². The standard InChI is InChI=1S/C21H22F2N2O3.C2H6/c22-17-7-6-16(10-18(17)23)27-13-15-11-25(19-8-9-24-20(15)19)21(26)28-12-14-4-2-1-3-5-14;1-2/h1-7,10,15,19-20,24H,8-9,11-13H2;1-2H3/t15-,19?,20?;/m1./s1. The Morgan fingerprint density at radius 3 is 2.63 bits per heavy atom. The van der Waals surface area contributed by atoms with Crippen LogP contribution in [0.3, 0.4) is 0 Å². The summed E-state index contributed by atoms with van der Waals surface area (Å²) in [6.07, 6.45) is 0.519. The maximum absolute atomic E-state index is 13.4. The van der Waals surface area contributed by atoms with Gasteiger partial charge in [-0.1, -0.05) is 44.2 Å². The van der Waals surface area contributed by atoms with Crippen molar-refractivity contribution in [2.75, 3.05) is 19.7 Å². The van der Waals surface area contributed by atoms with Crippen LogP contribution < -0.4 is 10.1 Å². The second-order valence-electron chi connectivity index (χ2n) is 7.18. The van der Waals surface area contributed by atoms with E-state index in [2.05, 4.69) is 5.32 Å². The van der Waals surface area contributed by atoms with Gasteiger partial charge in [-0.3, -0.25) is 0 Å². The van der Waals surface area contributed by atoms with Crippen molar-refractivity contribution in [3.8, 4) is 5.75 Å². The third kappa shape index (κ3) is 5.08. The van der Waals surface area contributed by atoms with Crippen LogP contribution in [-0.4, -0.2) is 42.8 Å². The van der Waals surface area contributed by atoms with Gasteiger partial charge in [0, 0.05) is 24.6 Å². The molecule has 1 N–H and O–H groups in total. The minimum Gasteiger partial charge on any atom is -0.493 e. The monoisotopic (exact) mass is 418 g/mol. The lowest BCUT2D eigenvalue weighted by atomic mass is 10.0. The van der Waals surface area contributed by atoms with Crippen LogP contribution in [0.1, 0.15) is 25.8 Å². The van der Waals surface area contributed by atoms with Crippen LogP contribution in [0.2, 0.25) is 0 Å². The zero-order chi connectivity index (χ0) is 21.5. The van der Waals surface area contributed by atoms with Crippen molar-refractivity contribution in [3.05, 3.63) is 65.7 Å². The number of likely N-dealkylation sites (tertiary alicyclic amines) is 1. The van der Waals surface area contributed by atoms with Gasteiger partial charge in [-0.15, -0.1) is 0 Å². The first-order valence-corrected chi connectivity index (χ1v) is 10.4. The molecule has 2 aliphatic rings. The Morgan fingerprint density at radius 1 is 1.13 bits per heavy atom. The van der Waals surface area contributed by atoms with Crippen LogP contribution in [0.4, 0.5) is 13.6 Å². The summed E-state index contributed by atoms with van der Waals surface area (Å²) in [5.74, 6) is -1.52. The molecule has 0 bridgehead atoms. The van der Waals surface area contributed by atoms with Crippen LogP contribution in [0, 0.1) is 17.6 Å². The van der Waals surface area contributed by atoms with Gasteiger partial charge in [0.05, 0.1) is 12.6 Å². The number of hydrogen-bond acceptors (Lipinski definition) is 4. The zero-order valence-corrected chi connectivity index (χ0v) is 17.3. The summed E-state index contributed by atoms with van der Waals surface area (Å²) in [6.45, 7) is 5.86. The van der Waals surface area contributed by atoms with E-state index in [1.54, 1.807) is 4.90 Å². The molecule has 2 aromatic carbocycles. The number of rotatable bonds is 5. The molecule has 2 fully saturated rings. The number of halogens is 2. The molecule has 0 aromatic heterocycles. The van der Waals surface area contributed by atoms with Crippen LogP contribution in [0.5, 0.6) is 5.75 Å². The fraction of sp³-hybridized carbons (Fsp3) is 0.435. The SMILES string of the molecule is CC.O=C(OCc1ccccc1)N1C[C@H](COc2ccc(F)c(F)c2)C2NCCC21. The van der Waals surface area contributed by atoms with E-state index >= 15 is 0 Å². The van der Waals surface area contributed by atoms with E-state index in [1.807, 2.05) is 44.2 Å². The molecule has 2 unspecified atom stereocenters.